The van der Waals surface area contributed by atoms with Crippen LogP contribution in [0.25, 0.3) is 0 Å². The summed E-state index contributed by atoms with van der Waals surface area (Å²) in [6.45, 7) is 1.00. The van der Waals surface area contributed by atoms with Gasteiger partial charge in [-0.1, -0.05) is 29.8 Å². The zero-order chi connectivity index (χ0) is 22.8. The maximum Gasteiger partial charge on any atom is 0.416 e. The molecule has 170 valence electrons. The first kappa shape index (κ1) is 23.8. The Morgan fingerprint density at radius 2 is 1.84 bits per heavy atom. The van der Waals surface area contributed by atoms with Crippen molar-refractivity contribution in [3.05, 3.63) is 58.6 Å². The van der Waals surface area contributed by atoms with Crippen LogP contribution in [-0.4, -0.2) is 50.9 Å². The maximum absolute atomic E-state index is 12.9. The lowest BCUT2D eigenvalue weighted by Gasteiger charge is -2.36. The molecule has 3 rings (SSSR count). The molecule has 0 N–H and O–H groups in total. The summed E-state index contributed by atoms with van der Waals surface area (Å²) in [6.07, 6.45) is -3.21. The molecular weight excluding hydrogens is 453 g/mol. The Hall–Kier alpha value is -1.81. The van der Waals surface area contributed by atoms with Gasteiger partial charge in [-0.15, -0.1) is 0 Å². The summed E-state index contributed by atoms with van der Waals surface area (Å²) in [6, 6.07) is 9.71. The van der Waals surface area contributed by atoms with Crippen LogP contribution in [0, 0.1) is 0 Å². The highest BCUT2D eigenvalue weighted by Crippen LogP contribution is 2.31. The molecule has 0 aromatic heterocycles. The van der Waals surface area contributed by atoms with Crippen molar-refractivity contribution in [1.82, 2.24) is 9.21 Å². The van der Waals surface area contributed by atoms with Crippen LogP contribution < -0.4 is 4.74 Å². The van der Waals surface area contributed by atoms with Crippen molar-refractivity contribution in [2.45, 2.75) is 36.5 Å². The second kappa shape index (κ2) is 9.36. The summed E-state index contributed by atoms with van der Waals surface area (Å²) in [5.74, 6) is 0.399. The fourth-order valence-corrected chi connectivity index (χ4v) is 5.56. The highest BCUT2D eigenvalue weighted by atomic mass is 35.5. The van der Waals surface area contributed by atoms with Crippen LogP contribution in [-0.2, 0) is 22.7 Å². The van der Waals surface area contributed by atoms with E-state index in [0.29, 0.717) is 43.8 Å². The first-order chi connectivity index (χ1) is 14.5. The summed E-state index contributed by atoms with van der Waals surface area (Å²) in [7, 11) is -0.390. The van der Waals surface area contributed by atoms with E-state index in [-0.39, 0.29) is 16.0 Å². The van der Waals surface area contributed by atoms with Crippen LogP contribution >= 0.6 is 11.6 Å². The van der Waals surface area contributed by atoms with E-state index in [1.54, 1.807) is 6.07 Å². The van der Waals surface area contributed by atoms with Gasteiger partial charge in [-0.05, 0) is 49.7 Å². The number of halogens is 4. The van der Waals surface area contributed by atoms with Crippen molar-refractivity contribution in [2.24, 2.45) is 0 Å². The molecule has 1 aliphatic rings. The van der Waals surface area contributed by atoms with Gasteiger partial charge < -0.3 is 4.74 Å². The van der Waals surface area contributed by atoms with E-state index in [2.05, 4.69) is 0 Å². The van der Waals surface area contributed by atoms with Gasteiger partial charge in [0.25, 0.3) is 0 Å². The first-order valence-corrected chi connectivity index (χ1v) is 11.5. The molecule has 10 heteroatoms. The van der Waals surface area contributed by atoms with Crippen molar-refractivity contribution in [3.8, 4) is 5.75 Å². The van der Waals surface area contributed by atoms with E-state index in [9.17, 15) is 21.6 Å². The molecule has 1 saturated heterocycles. The first-order valence-electron chi connectivity index (χ1n) is 9.72. The number of alkyl halides is 3. The minimum absolute atomic E-state index is 0.0699. The monoisotopic (exact) mass is 476 g/mol. The predicted molar refractivity (Wildman–Crippen MR) is 113 cm³/mol. The molecule has 1 aliphatic heterocycles. The van der Waals surface area contributed by atoms with E-state index < -0.39 is 21.8 Å². The van der Waals surface area contributed by atoms with Gasteiger partial charge in [0.2, 0.25) is 10.0 Å². The van der Waals surface area contributed by atoms with Crippen molar-refractivity contribution in [2.75, 3.05) is 27.2 Å². The van der Waals surface area contributed by atoms with Gasteiger partial charge in [0.05, 0.1) is 22.6 Å². The molecule has 0 unspecified atom stereocenters. The minimum Gasteiger partial charge on any atom is -0.495 e. The van der Waals surface area contributed by atoms with E-state index in [1.807, 2.05) is 11.9 Å². The molecule has 0 bridgehead atoms. The fraction of sp³-hybridized carbons (Fsp3) is 0.429. The van der Waals surface area contributed by atoms with Crippen molar-refractivity contribution in [3.63, 3.8) is 0 Å². The number of sulfonamides is 1. The van der Waals surface area contributed by atoms with Crippen LogP contribution in [0.4, 0.5) is 13.2 Å². The Balaban J connectivity index is 1.63. The number of hydrogen-bond acceptors (Lipinski definition) is 4. The SMILES string of the molecule is COc1ccc(S(=O)(=O)N2CCC(N(C)Cc3cccc(C(F)(F)F)c3)CC2)cc1Cl. The van der Waals surface area contributed by atoms with Crippen LogP contribution in [0.5, 0.6) is 5.75 Å². The average Bonchev–Trinajstić information content (AvgIpc) is 2.73. The molecular formula is C21H24ClF3N2O3S. The molecule has 0 saturated carbocycles. The molecule has 0 radical (unpaired) electrons. The summed E-state index contributed by atoms with van der Waals surface area (Å²) in [5.41, 5.74) is -0.0993. The van der Waals surface area contributed by atoms with E-state index in [4.69, 9.17) is 16.3 Å². The lowest BCUT2D eigenvalue weighted by atomic mass is 10.0. The molecule has 2 aromatic carbocycles. The van der Waals surface area contributed by atoms with Crippen LogP contribution in [0.15, 0.2) is 47.4 Å². The Bertz CT molecular complexity index is 1020. The smallest absolute Gasteiger partial charge is 0.416 e. The number of methoxy groups -OCH3 is 1. The van der Waals surface area contributed by atoms with Gasteiger partial charge in [0.1, 0.15) is 5.75 Å². The standard InChI is InChI=1S/C21H24ClF3N2O3S/c1-26(14-15-4-3-5-16(12-15)21(23,24)25)17-8-10-27(11-9-17)31(28,29)18-6-7-20(30-2)19(22)13-18/h3-7,12-13,17H,8-11,14H2,1-2H3. The average molecular weight is 477 g/mol. The summed E-state index contributed by atoms with van der Waals surface area (Å²) in [5, 5.41) is 0.222. The largest absolute Gasteiger partial charge is 0.495 e. The Kier molecular flexibility index (Phi) is 7.20. The third-order valence-corrected chi connectivity index (χ3v) is 7.68. The molecule has 1 fully saturated rings. The lowest BCUT2D eigenvalue weighted by Crippen LogP contribution is -2.45. The summed E-state index contributed by atoms with van der Waals surface area (Å²) < 4.78 is 71.2. The topological polar surface area (TPSA) is 49.9 Å². The number of hydrogen-bond donors (Lipinski definition) is 0. The maximum atomic E-state index is 12.9. The predicted octanol–water partition coefficient (Wildman–Crippen LogP) is 4.65. The summed E-state index contributed by atoms with van der Waals surface area (Å²) >= 11 is 6.07. The van der Waals surface area contributed by atoms with Crippen LogP contribution in [0.3, 0.4) is 0 Å². The third-order valence-electron chi connectivity index (χ3n) is 5.49. The van der Waals surface area contributed by atoms with Gasteiger partial charge in [0.15, 0.2) is 0 Å². The van der Waals surface area contributed by atoms with Gasteiger partial charge in [-0.2, -0.15) is 17.5 Å². The molecule has 1 heterocycles. The fourth-order valence-electron chi connectivity index (χ4n) is 3.74. The van der Waals surface area contributed by atoms with Crippen molar-refractivity contribution >= 4 is 21.6 Å². The van der Waals surface area contributed by atoms with E-state index >= 15 is 0 Å². The molecule has 2 aromatic rings. The highest BCUT2D eigenvalue weighted by Gasteiger charge is 2.32. The quantitative estimate of drug-likeness (QED) is 0.609. The molecule has 5 nitrogen and oxygen atoms in total. The Morgan fingerprint density at radius 1 is 1.16 bits per heavy atom. The molecule has 0 spiro atoms. The minimum atomic E-state index is -4.38. The number of benzene rings is 2. The van der Waals surface area contributed by atoms with Gasteiger partial charge in [-0.25, -0.2) is 8.42 Å². The summed E-state index contributed by atoms with van der Waals surface area (Å²) in [4.78, 5) is 2.08. The van der Waals surface area contributed by atoms with E-state index in [1.165, 1.54) is 35.7 Å². The van der Waals surface area contributed by atoms with Crippen LogP contribution in [0.1, 0.15) is 24.0 Å². The highest BCUT2D eigenvalue weighted by molar-refractivity contribution is 7.89. The van der Waals surface area contributed by atoms with Crippen molar-refractivity contribution in [1.29, 1.82) is 0 Å². The second-order valence-electron chi connectivity index (χ2n) is 7.54. The molecule has 0 aliphatic carbocycles. The van der Waals surface area contributed by atoms with Gasteiger partial charge >= 0.3 is 6.18 Å². The third kappa shape index (κ3) is 5.52. The molecule has 31 heavy (non-hydrogen) atoms. The number of nitrogens with zero attached hydrogens (tertiary/aromatic N) is 2. The lowest BCUT2D eigenvalue weighted by molar-refractivity contribution is -0.137. The molecule has 0 amide bonds. The Labute approximate surface area is 185 Å². The normalized spacial score (nSPS) is 16.6. The van der Waals surface area contributed by atoms with Gasteiger partial charge in [0, 0.05) is 25.7 Å². The second-order valence-corrected chi connectivity index (χ2v) is 9.89. The number of rotatable bonds is 6. The zero-order valence-corrected chi connectivity index (χ0v) is 18.8. The Morgan fingerprint density at radius 3 is 2.42 bits per heavy atom. The molecule has 0 atom stereocenters. The zero-order valence-electron chi connectivity index (χ0n) is 17.2. The van der Waals surface area contributed by atoms with Crippen LogP contribution in [0.2, 0.25) is 5.02 Å². The van der Waals surface area contributed by atoms with Gasteiger partial charge in [-0.3, -0.25) is 4.90 Å². The number of piperidine rings is 1. The van der Waals surface area contributed by atoms with Crippen molar-refractivity contribution < 1.29 is 26.3 Å². The van der Waals surface area contributed by atoms with E-state index in [0.717, 1.165) is 12.1 Å². The number of ether oxygens (including phenoxy) is 1.